The lowest BCUT2D eigenvalue weighted by Crippen LogP contribution is -2.70. The third kappa shape index (κ3) is 7.61. The van der Waals surface area contributed by atoms with Gasteiger partial charge in [-0.3, -0.25) is 19.1 Å². The van der Waals surface area contributed by atoms with Gasteiger partial charge in [0.1, 0.15) is 34.6 Å². The Hall–Kier alpha value is -4.20. The molecule has 1 spiro atoms. The minimum absolute atomic E-state index is 0.0671. The van der Waals surface area contributed by atoms with E-state index in [0.717, 1.165) is 35.7 Å². The fraction of sp³-hybridized carbons (Fsp3) is 0.643. The number of hydrogen-bond donors (Lipinski definition) is 3. The lowest BCUT2D eigenvalue weighted by molar-refractivity contribution is -0.144. The summed E-state index contributed by atoms with van der Waals surface area (Å²) in [6.07, 6.45) is 10.3. The molecule has 1 aromatic carbocycles. The summed E-state index contributed by atoms with van der Waals surface area (Å²) in [5.74, 6) is -1.56. The summed E-state index contributed by atoms with van der Waals surface area (Å²) in [6.45, 7) is 10.9. The van der Waals surface area contributed by atoms with Crippen LogP contribution in [0.5, 0.6) is 5.75 Å². The van der Waals surface area contributed by atoms with E-state index in [9.17, 15) is 27.6 Å². The van der Waals surface area contributed by atoms with E-state index in [1.54, 1.807) is 27.7 Å². The van der Waals surface area contributed by atoms with Crippen LogP contribution in [0.4, 0.5) is 4.79 Å². The normalized spacial score (nSPS) is 29.0. The van der Waals surface area contributed by atoms with Crippen molar-refractivity contribution in [3.8, 4) is 5.75 Å². The van der Waals surface area contributed by atoms with Gasteiger partial charge in [0.05, 0.1) is 22.5 Å². The second-order valence-electron chi connectivity index (χ2n) is 17.9. The van der Waals surface area contributed by atoms with Crippen molar-refractivity contribution in [2.75, 3.05) is 6.54 Å². The molecule has 4 heterocycles. The fourth-order valence-electron chi connectivity index (χ4n) is 8.78. The zero-order chi connectivity index (χ0) is 40.3. The van der Waals surface area contributed by atoms with Gasteiger partial charge in [-0.15, -0.1) is 0 Å². The monoisotopic (exact) mass is 791 g/mol. The Morgan fingerprint density at radius 3 is 2.54 bits per heavy atom. The zero-order valence-corrected chi connectivity index (χ0v) is 34.4. The number of pyridine rings is 1. The Morgan fingerprint density at radius 2 is 1.86 bits per heavy atom. The highest BCUT2D eigenvalue weighted by Crippen LogP contribution is 2.47. The van der Waals surface area contributed by atoms with Crippen LogP contribution >= 0.6 is 0 Å². The molecule has 3 aliphatic heterocycles. The van der Waals surface area contributed by atoms with Crippen LogP contribution in [0.2, 0.25) is 0 Å². The van der Waals surface area contributed by atoms with Crippen molar-refractivity contribution in [3.63, 3.8) is 0 Å². The van der Waals surface area contributed by atoms with Crippen LogP contribution in [0.25, 0.3) is 10.9 Å². The molecule has 2 saturated carbocycles. The van der Waals surface area contributed by atoms with Gasteiger partial charge in [-0.2, -0.15) is 0 Å². The summed E-state index contributed by atoms with van der Waals surface area (Å²) in [5, 5.41) is 6.86. The van der Waals surface area contributed by atoms with Crippen molar-refractivity contribution in [1.82, 2.24) is 25.2 Å². The summed E-state index contributed by atoms with van der Waals surface area (Å²) in [6, 6.07) is 4.21. The number of alkyl carbamates (subject to hydrolysis) is 1. The molecular weight excluding hydrogens is 735 g/mol. The lowest BCUT2D eigenvalue weighted by Gasteiger charge is -2.48. The molecule has 2 aliphatic carbocycles. The zero-order valence-electron chi connectivity index (χ0n) is 33.6. The summed E-state index contributed by atoms with van der Waals surface area (Å²) < 4.78 is 40.5. The van der Waals surface area contributed by atoms with Crippen LogP contribution in [-0.4, -0.2) is 82.2 Å². The van der Waals surface area contributed by atoms with E-state index < -0.39 is 73.3 Å². The van der Waals surface area contributed by atoms with Crippen LogP contribution in [0.15, 0.2) is 30.4 Å². The Labute approximate surface area is 330 Å². The number of benzene rings is 1. The molecule has 4 amide bonds. The molecule has 5 unspecified atom stereocenters. The third-order valence-corrected chi connectivity index (χ3v) is 14.8. The van der Waals surface area contributed by atoms with Gasteiger partial charge in [0, 0.05) is 23.3 Å². The molecule has 1 aromatic heterocycles. The average Bonchev–Trinajstić information content (AvgIpc) is 3.79. The number of carbonyl (C=O) groups is 4. The second kappa shape index (κ2) is 14.6. The van der Waals surface area contributed by atoms with Crippen LogP contribution in [-0.2, 0) is 42.0 Å². The van der Waals surface area contributed by atoms with Crippen molar-refractivity contribution in [2.24, 2.45) is 5.92 Å². The van der Waals surface area contributed by atoms with Crippen molar-refractivity contribution < 1.29 is 37.1 Å². The van der Waals surface area contributed by atoms with Gasteiger partial charge < -0.3 is 25.0 Å². The molecule has 1 saturated heterocycles. The van der Waals surface area contributed by atoms with E-state index in [4.69, 9.17) is 14.5 Å². The molecule has 2 aromatic rings. The highest BCUT2D eigenvalue weighted by atomic mass is 32.2. The van der Waals surface area contributed by atoms with Gasteiger partial charge >= 0.3 is 6.09 Å². The summed E-state index contributed by atoms with van der Waals surface area (Å²) >= 11 is 0. The number of amides is 4. The SMILES string of the molecule is CCc1ccc2nc(C)c3c(c2c1)CCC1(CC2C(=O)NC4(C(=O)NS(=O)(=O)C5(C)CC5)CCC4C=CCCCCCC(NC(=O)OC(C)(C)C)C(=O)N2C1)O3. The molecule has 13 nitrogen and oxygen atoms in total. The summed E-state index contributed by atoms with van der Waals surface area (Å²) in [5.41, 5.74) is 0.538. The predicted octanol–water partition coefficient (Wildman–Crippen LogP) is 5.45. The van der Waals surface area contributed by atoms with Crippen molar-refractivity contribution in [1.29, 1.82) is 0 Å². The first-order chi connectivity index (χ1) is 26.4. The Morgan fingerprint density at radius 1 is 1.09 bits per heavy atom. The van der Waals surface area contributed by atoms with Crippen LogP contribution < -0.4 is 20.1 Å². The Bertz CT molecular complexity index is 2070. The van der Waals surface area contributed by atoms with Crippen molar-refractivity contribution in [2.45, 2.75) is 159 Å². The average molecular weight is 792 g/mol. The minimum atomic E-state index is -4.00. The number of aryl methyl sites for hydroxylation is 3. The van der Waals surface area contributed by atoms with Crippen molar-refractivity contribution in [3.05, 3.63) is 47.2 Å². The number of nitrogens with zero attached hydrogens (tertiary/aromatic N) is 2. The van der Waals surface area contributed by atoms with E-state index in [0.29, 0.717) is 62.8 Å². The van der Waals surface area contributed by atoms with Crippen molar-refractivity contribution >= 4 is 44.7 Å². The molecule has 304 valence electrons. The topological polar surface area (TPSA) is 173 Å². The first kappa shape index (κ1) is 40.0. The first-order valence-corrected chi connectivity index (χ1v) is 21.8. The number of nitrogens with one attached hydrogen (secondary N) is 3. The van der Waals surface area contributed by atoms with E-state index in [2.05, 4.69) is 34.4 Å². The standard InChI is InChI=1S/C42H57N5O8S/c1-7-27-15-16-31-30(23-27)29-18-19-41(54-34(29)26(2)43-31)24-33-35(48)45-42(37(50)46-56(52,53)40(6)21-22-40)20-17-28(42)13-11-9-8-10-12-14-32(36(49)47(33)25-41)44-38(51)55-39(3,4)5/h11,13,15-16,23,28,32-33H,7-10,12,14,17-22,24-25H2,1-6H3,(H,44,51)(H,45,48)(H,46,50). The van der Waals surface area contributed by atoms with Crippen LogP contribution in [0, 0.1) is 12.8 Å². The second-order valence-corrected chi connectivity index (χ2v) is 20.1. The molecule has 5 aliphatic rings. The number of fused-ring (bicyclic) bond motifs is 5. The molecule has 7 rings (SSSR count). The largest absolute Gasteiger partial charge is 0.483 e. The third-order valence-electron chi connectivity index (χ3n) is 12.6. The Kier molecular flexibility index (Phi) is 10.5. The number of sulfonamides is 1. The van der Waals surface area contributed by atoms with Crippen LogP contribution in [0.1, 0.15) is 122 Å². The number of rotatable bonds is 5. The minimum Gasteiger partial charge on any atom is -0.483 e. The van der Waals surface area contributed by atoms with E-state index in [1.807, 2.05) is 25.1 Å². The molecule has 14 heteroatoms. The maximum absolute atomic E-state index is 14.8. The number of allylic oxidation sites excluding steroid dienone is 1. The van der Waals surface area contributed by atoms with Gasteiger partial charge in [0.15, 0.2) is 0 Å². The molecule has 0 bridgehead atoms. The fourth-order valence-corrected chi connectivity index (χ4v) is 10.1. The molecule has 0 radical (unpaired) electrons. The van der Waals surface area contributed by atoms with Gasteiger partial charge in [0.25, 0.3) is 5.91 Å². The molecule has 56 heavy (non-hydrogen) atoms. The summed E-state index contributed by atoms with van der Waals surface area (Å²) in [4.78, 5) is 63.3. The maximum Gasteiger partial charge on any atom is 0.408 e. The molecular formula is C42H57N5O8S. The highest BCUT2D eigenvalue weighted by molar-refractivity contribution is 7.91. The van der Waals surface area contributed by atoms with E-state index >= 15 is 0 Å². The molecule has 3 N–H and O–H groups in total. The predicted molar refractivity (Wildman–Crippen MR) is 211 cm³/mol. The van der Waals surface area contributed by atoms with Gasteiger partial charge in [-0.25, -0.2) is 18.2 Å². The smallest absolute Gasteiger partial charge is 0.408 e. The van der Waals surface area contributed by atoms with Gasteiger partial charge in [-0.1, -0.05) is 38.0 Å². The number of ether oxygens (including phenoxy) is 2. The van der Waals surface area contributed by atoms with Gasteiger partial charge in [0.2, 0.25) is 21.8 Å². The summed E-state index contributed by atoms with van der Waals surface area (Å²) in [7, 11) is -4.00. The highest BCUT2D eigenvalue weighted by Gasteiger charge is 2.59. The maximum atomic E-state index is 14.8. The van der Waals surface area contributed by atoms with E-state index in [1.165, 1.54) is 10.5 Å². The number of carbonyl (C=O) groups excluding carboxylic acids is 4. The molecule has 5 atom stereocenters. The Balaban J connectivity index is 1.25. The first-order valence-electron chi connectivity index (χ1n) is 20.3. The molecule has 3 fully saturated rings. The number of hydrogen-bond acceptors (Lipinski definition) is 9. The quantitative estimate of drug-likeness (QED) is 0.333. The number of aromatic nitrogens is 1. The van der Waals surface area contributed by atoms with Gasteiger partial charge in [-0.05, 0) is 117 Å². The van der Waals surface area contributed by atoms with Crippen LogP contribution in [0.3, 0.4) is 0 Å². The lowest BCUT2D eigenvalue weighted by atomic mass is 9.65. The van der Waals surface area contributed by atoms with E-state index in [-0.39, 0.29) is 19.4 Å².